The van der Waals surface area contributed by atoms with Crippen LogP contribution in [-0.2, 0) is 11.8 Å². The molecule has 2 aliphatic carbocycles. The number of alkyl halides is 2. The van der Waals surface area contributed by atoms with Gasteiger partial charge in [0.25, 0.3) is 5.92 Å². The number of hydrogen-bond acceptors (Lipinski definition) is 2. The van der Waals surface area contributed by atoms with E-state index in [1.807, 2.05) is 0 Å². The third-order valence-corrected chi connectivity index (χ3v) is 5.08. The van der Waals surface area contributed by atoms with Gasteiger partial charge in [-0.25, -0.2) is 13.2 Å². The fourth-order valence-corrected chi connectivity index (χ4v) is 3.32. The van der Waals surface area contributed by atoms with E-state index in [0.717, 1.165) is 24.8 Å². The highest BCUT2D eigenvalue weighted by molar-refractivity contribution is 5.96. The first-order valence-electron chi connectivity index (χ1n) is 8.38. The number of nitrogens with zero attached hydrogens (tertiary/aromatic N) is 2. The summed E-state index contributed by atoms with van der Waals surface area (Å²) < 4.78 is 41.5. The molecule has 1 N–H and O–H groups in total. The molecule has 1 amide bonds. The van der Waals surface area contributed by atoms with Gasteiger partial charge in [-0.3, -0.25) is 9.48 Å². The number of rotatable bonds is 4. The second kappa shape index (κ2) is 5.61. The van der Waals surface area contributed by atoms with Crippen LogP contribution in [0.4, 0.5) is 19.0 Å². The van der Waals surface area contributed by atoms with Crippen molar-refractivity contribution in [2.75, 3.05) is 5.32 Å². The lowest BCUT2D eigenvalue weighted by molar-refractivity contribution is -0.119. The van der Waals surface area contributed by atoms with Crippen molar-refractivity contribution < 1.29 is 18.0 Å². The molecule has 1 aromatic carbocycles. The van der Waals surface area contributed by atoms with Gasteiger partial charge in [0.1, 0.15) is 17.6 Å². The van der Waals surface area contributed by atoms with Crippen molar-refractivity contribution in [3.8, 4) is 11.3 Å². The molecular formula is C18H18F3N3O. The van der Waals surface area contributed by atoms with Gasteiger partial charge in [-0.1, -0.05) is 18.6 Å². The first-order valence-corrected chi connectivity index (χ1v) is 8.38. The van der Waals surface area contributed by atoms with Crippen molar-refractivity contribution in [1.29, 1.82) is 0 Å². The average molecular weight is 349 g/mol. The lowest BCUT2D eigenvalue weighted by Crippen LogP contribution is -2.21. The summed E-state index contributed by atoms with van der Waals surface area (Å²) in [5.74, 6) is -4.59. The minimum atomic E-state index is -2.91. The number of anilines is 1. The number of amides is 1. The van der Waals surface area contributed by atoms with Gasteiger partial charge in [0.15, 0.2) is 0 Å². The Bertz CT molecular complexity index is 842. The zero-order valence-electron chi connectivity index (χ0n) is 13.7. The average Bonchev–Trinajstić information content (AvgIpc) is 3.04. The van der Waals surface area contributed by atoms with E-state index in [1.54, 1.807) is 19.2 Å². The van der Waals surface area contributed by atoms with E-state index >= 15 is 0 Å². The molecule has 4 nitrogen and oxygen atoms in total. The predicted octanol–water partition coefficient (Wildman–Crippen LogP) is 4.09. The van der Waals surface area contributed by atoms with Gasteiger partial charge in [-0.15, -0.1) is 0 Å². The lowest BCUT2D eigenvalue weighted by Gasteiger charge is -2.27. The number of aryl methyl sites for hydroxylation is 1. The fourth-order valence-electron chi connectivity index (χ4n) is 3.32. The maximum atomic E-state index is 13.6. The van der Waals surface area contributed by atoms with Crippen LogP contribution in [0.15, 0.2) is 24.3 Å². The summed E-state index contributed by atoms with van der Waals surface area (Å²) in [7, 11) is 1.66. The minimum Gasteiger partial charge on any atom is -0.310 e. The van der Waals surface area contributed by atoms with Crippen LogP contribution in [0.3, 0.4) is 0 Å². The van der Waals surface area contributed by atoms with Gasteiger partial charge >= 0.3 is 0 Å². The number of carbonyl (C=O) groups is 1. The van der Waals surface area contributed by atoms with E-state index in [4.69, 9.17) is 0 Å². The van der Waals surface area contributed by atoms with E-state index in [-0.39, 0.29) is 11.7 Å². The quantitative estimate of drug-likeness (QED) is 0.904. The molecule has 1 heterocycles. The van der Waals surface area contributed by atoms with Crippen LogP contribution in [0.2, 0.25) is 0 Å². The number of benzene rings is 1. The molecule has 2 saturated carbocycles. The van der Waals surface area contributed by atoms with Crippen LogP contribution in [0, 0.1) is 11.7 Å². The molecule has 2 fully saturated rings. The number of halogens is 3. The maximum Gasteiger partial charge on any atom is 0.260 e. The number of nitrogens with one attached hydrogen (secondary N) is 1. The summed E-state index contributed by atoms with van der Waals surface area (Å²) in [5, 5.41) is 7.08. The van der Waals surface area contributed by atoms with Gasteiger partial charge in [0, 0.05) is 24.6 Å². The Balaban J connectivity index is 1.72. The first-order chi connectivity index (χ1) is 11.9. The SMILES string of the molecule is Cn1nc(-c2cccc(F)c2)c(C2CCC2)c1NC(=O)[C@H]1CC1(F)F. The van der Waals surface area contributed by atoms with E-state index in [0.29, 0.717) is 17.1 Å². The van der Waals surface area contributed by atoms with E-state index in [2.05, 4.69) is 10.4 Å². The Morgan fingerprint density at radius 1 is 1.36 bits per heavy atom. The van der Waals surface area contributed by atoms with Crippen molar-refractivity contribution in [3.63, 3.8) is 0 Å². The van der Waals surface area contributed by atoms with Gasteiger partial charge < -0.3 is 5.32 Å². The highest BCUT2D eigenvalue weighted by Gasteiger charge is 2.61. The van der Waals surface area contributed by atoms with E-state index in [9.17, 15) is 18.0 Å². The minimum absolute atomic E-state index is 0.196. The molecule has 1 atom stereocenters. The van der Waals surface area contributed by atoms with Crippen molar-refractivity contribution in [1.82, 2.24) is 9.78 Å². The van der Waals surface area contributed by atoms with Crippen LogP contribution < -0.4 is 5.32 Å². The predicted molar refractivity (Wildman–Crippen MR) is 86.9 cm³/mol. The second-order valence-corrected chi connectivity index (χ2v) is 6.88. The van der Waals surface area contributed by atoms with Gasteiger partial charge in [-0.05, 0) is 30.9 Å². The Kier molecular flexibility index (Phi) is 3.63. The van der Waals surface area contributed by atoms with Gasteiger partial charge in [0.05, 0.1) is 5.69 Å². The highest BCUT2D eigenvalue weighted by Crippen LogP contribution is 2.50. The lowest BCUT2D eigenvalue weighted by atomic mass is 9.79. The summed E-state index contributed by atoms with van der Waals surface area (Å²) in [5.41, 5.74) is 2.04. The van der Waals surface area contributed by atoms with Gasteiger partial charge in [-0.2, -0.15) is 5.10 Å². The molecule has 0 unspecified atom stereocenters. The van der Waals surface area contributed by atoms with E-state index in [1.165, 1.54) is 16.8 Å². The molecule has 7 heteroatoms. The zero-order valence-corrected chi connectivity index (χ0v) is 13.7. The topological polar surface area (TPSA) is 46.9 Å². The third kappa shape index (κ3) is 2.81. The van der Waals surface area contributed by atoms with Crippen molar-refractivity contribution >= 4 is 11.7 Å². The molecule has 0 saturated heterocycles. The molecule has 0 bridgehead atoms. The second-order valence-electron chi connectivity index (χ2n) is 6.88. The zero-order chi connectivity index (χ0) is 17.8. The molecule has 132 valence electrons. The van der Waals surface area contributed by atoms with E-state index < -0.39 is 24.2 Å². The van der Waals surface area contributed by atoms with Crippen molar-refractivity contribution in [2.45, 2.75) is 37.5 Å². The Morgan fingerprint density at radius 2 is 2.08 bits per heavy atom. The summed E-state index contributed by atoms with van der Waals surface area (Å²) in [6.45, 7) is 0. The Morgan fingerprint density at radius 3 is 2.64 bits per heavy atom. The third-order valence-electron chi connectivity index (χ3n) is 5.08. The number of aromatic nitrogens is 2. The van der Waals surface area contributed by atoms with Crippen LogP contribution in [-0.4, -0.2) is 21.6 Å². The molecule has 2 aromatic rings. The van der Waals surface area contributed by atoms with Gasteiger partial charge in [0.2, 0.25) is 5.91 Å². The first kappa shape index (κ1) is 16.2. The summed E-state index contributed by atoms with van der Waals surface area (Å²) in [6.07, 6.45) is 2.54. The standard InChI is InChI=1S/C18H18F3N3O/c1-24-16(22-17(25)13-9-18(13,20)21)14(10-4-2-5-10)15(23-24)11-6-3-7-12(19)8-11/h3,6-8,10,13H,2,4-5,9H2,1H3,(H,22,25)/t13-/m1/s1. The van der Waals surface area contributed by atoms with Crippen LogP contribution >= 0.6 is 0 Å². The van der Waals surface area contributed by atoms with Crippen LogP contribution in [0.1, 0.15) is 37.2 Å². The molecular weight excluding hydrogens is 331 g/mol. The Labute approximate surface area is 143 Å². The molecule has 4 rings (SSSR count). The molecule has 1 aromatic heterocycles. The van der Waals surface area contributed by atoms with Crippen molar-refractivity contribution in [2.24, 2.45) is 13.0 Å². The number of carbonyl (C=O) groups excluding carboxylic acids is 1. The summed E-state index contributed by atoms with van der Waals surface area (Å²) in [6, 6.07) is 6.11. The Hall–Kier alpha value is -2.31. The fraction of sp³-hybridized carbons (Fsp3) is 0.444. The monoisotopic (exact) mass is 349 g/mol. The highest BCUT2D eigenvalue weighted by atomic mass is 19.3. The molecule has 0 radical (unpaired) electrons. The molecule has 0 spiro atoms. The largest absolute Gasteiger partial charge is 0.310 e. The van der Waals surface area contributed by atoms with Crippen molar-refractivity contribution in [3.05, 3.63) is 35.6 Å². The van der Waals surface area contributed by atoms with Crippen LogP contribution in [0.25, 0.3) is 11.3 Å². The summed E-state index contributed by atoms with van der Waals surface area (Å²) >= 11 is 0. The summed E-state index contributed by atoms with van der Waals surface area (Å²) in [4.78, 5) is 12.1. The molecule has 25 heavy (non-hydrogen) atoms. The molecule has 0 aliphatic heterocycles. The maximum absolute atomic E-state index is 13.6. The smallest absolute Gasteiger partial charge is 0.260 e. The number of hydrogen-bond donors (Lipinski definition) is 1. The van der Waals surface area contributed by atoms with Crippen LogP contribution in [0.5, 0.6) is 0 Å². The normalized spacial score (nSPS) is 21.7. The molecule has 2 aliphatic rings.